The number of unbranched alkanes of at least 4 members (excludes halogenated alkanes) is 1. The summed E-state index contributed by atoms with van der Waals surface area (Å²) in [5, 5.41) is 3.10. The average Bonchev–Trinajstić information content (AvgIpc) is 2.18. The van der Waals surface area contributed by atoms with Crippen LogP contribution in [0.3, 0.4) is 0 Å². The predicted octanol–water partition coefficient (Wildman–Crippen LogP) is 2.14. The highest BCUT2D eigenvalue weighted by Gasteiger charge is 2.04. The van der Waals surface area contributed by atoms with Crippen molar-refractivity contribution in [3.05, 3.63) is 5.28 Å². The summed E-state index contributed by atoms with van der Waals surface area (Å²) in [6.07, 6.45) is 2.04. The predicted molar refractivity (Wildman–Crippen MR) is 59.4 cm³/mol. The van der Waals surface area contributed by atoms with Crippen LogP contribution in [0.2, 0.25) is 5.28 Å². The fraction of sp³-hybridized carbons (Fsp3) is 0.667. The van der Waals surface area contributed by atoms with E-state index in [4.69, 9.17) is 16.3 Å². The van der Waals surface area contributed by atoms with Gasteiger partial charge in [-0.3, -0.25) is 0 Å². The van der Waals surface area contributed by atoms with E-state index in [2.05, 4.69) is 27.2 Å². The molecule has 0 spiro atoms. The van der Waals surface area contributed by atoms with Crippen molar-refractivity contribution >= 4 is 17.5 Å². The molecule has 0 amide bonds. The molecule has 0 saturated carbocycles. The maximum Gasteiger partial charge on any atom is 0.322 e. The number of halogens is 1. The molecule has 1 heterocycles. The Morgan fingerprint density at radius 2 is 2.07 bits per heavy atom. The zero-order valence-electron chi connectivity index (χ0n) is 8.96. The minimum absolute atomic E-state index is 0.146. The average molecular weight is 231 g/mol. The molecule has 5 nitrogen and oxygen atoms in total. The van der Waals surface area contributed by atoms with Gasteiger partial charge in [-0.25, -0.2) is 0 Å². The second-order valence-electron chi connectivity index (χ2n) is 2.94. The zero-order chi connectivity index (χ0) is 11.1. The van der Waals surface area contributed by atoms with Crippen LogP contribution in [0.5, 0.6) is 6.01 Å². The Hall–Kier alpha value is -1.10. The van der Waals surface area contributed by atoms with E-state index in [1.54, 1.807) is 0 Å². The molecule has 84 valence electrons. The van der Waals surface area contributed by atoms with Gasteiger partial charge in [0.05, 0.1) is 6.61 Å². The number of nitrogens with one attached hydrogen (secondary N) is 1. The van der Waals surface area contributed by atoms with Gasteiger partial charge in [-0.2, -0.15) is 15.0 Å². The lowest BCUT2D eigenvalue weighted by Gasteiger charge is -2.05. The van der Waals surface area contributed by atoms with Crippen molar-refractivity contribution in [1.29, 1.82) is 0 Å². The van der Waals surface area contributed by atoms with Crippen molar-refractivity contribution in [3.63, 3.8) is 0 Å². The van der Waals surface area contributed by atoms with Crippen molar-refractivity contribution in [2.45, 2.75) is 26.7 Å². The Labute approximate surface area is 94.2 Å². The Morgan fingerprint density at radius 3 is 2.73 bits per heavy atom. The van der Waals surface area contributed by atoms with Crippen molar-refractivity contribution in [3.8, 4) is 6.01 Å². The first-order valence-corrected chi connectivity index (χ1v) is 5.42. The number of nitrogens with zero attached hydrogens (tertiary/aromatic N) is 3. The lowest BCUT2D eigenvalue weighted by molar-refractivity contribution is 0.285. The molecule has 1 N–H and O–H groups in total. The van der Waals surface area contributed by atoms with Gasteiger partial charge in [-0.1, -0.05) is 13.3 Å². The van der Waals surface area contributed by atoms with Crippen LogP contribution >= 0.6 is 11.6 Å². The number of hydrogen-bond acceptors (Lipinski definition) is 5. The van der Waals surface area contributed by atoms with Crippen LogP contribution < -0.4 is 10.1 Å². The normalized spacial score (nSPS) is 10.1. The summed E-state index contributed by atoms with van der Waals surface area (Å²) in [5.74, 6) is 0.448. The van der Waals surface area contributed by atoms with Crippen molar-refractivity contribution in [2.75, 3.05) is 18.5 Å². The molecular weight excluding hydrogens is 216 g/mol. The zero-order valence-corrected chi connectivity index (χ0v) is 9.71. The fourth-order valence-corrected chi connectivity index (χ4v) is 1.09. The van der Waals surface area contributed by atoms with E-state index in [9.17, 15) is 0 Å². The first kappa shape index (κ1) is 12.0. The molecule has 0 aliphatic rings. The molecule has 0 aliphatic heterocycles. The maximum atomic E-state index is 5.72. The third-order valence-corrected chi connectivity index (χ3v) is 1.82. The van der Waals surface area contributed by atoms with Gasteiger partial charge in [0.15, 0.2) is 0 Å². The molecule has 0 saturated heterocycles. The third kappa shape index (κ3) is 4.29. The second kappa shape index (κ2) is 6.40. The molecule has 0 unspecified atom stereocenters. The van der Waals surface area contributed by atoms with Crippen LogP contribution in [-0.4, -0.2) is 28.1 Å². The summed E-state index contributed by atoms with van der Waals surface area (Å²) in [7, 11) is 0. The Morgan fingerprint density at radius 1 is 1.27 bits per heavy atom. The van der Waals surface area contributed by atoms with Gasteiger partial charge in [0.2, 0.25) is 11.2 Å². The van der Waals surface area contributed by atoms with Gasteiger partial charge in [-0.05, 0) is 24.9 Å². The van der Waals surface area contributed by atoms with Crippen molar-refractivity contribution in [2.24, 2.45) is 0 Å². The quantitative estimate of drug-likeness (QED) is 0.759. The molecule has 0 fully saturated rings. The first-order chi connectivity index (χ1) is 7.26. The van der Waals surface area contributed by atoms with Crippen LogP contribution in [0.1, 0.15) is 26.7 Å². The molecule has 1 rings (SSSR count). The number of rotatable bonds is 6. The van der Waals surface area contributed by atoms with Gasteiger partial charge in [0.25, 0.3) is 0 Å². The van der Waals surface area contributed by atoms with Gasteiger partial charge < -0.3 is 10.1 Å². The number of anilines is 1. The van der Waals surface area contributed by atoms with Gasteiger partial charge in [0, 0.05) is 6.54 Å². The lowest BCUT2D eigenvalue weighted by atomic mass is 10.4. The largest absolute Gasteiger partial charge is 0.463 e. The summed E-state index contributed by atoms with van der Waals surface area (Å²) in [6.45, 7) is 5.38. The molecule has 15 heavy (non-hydrogen) atoms. The highest BCUT2D eigenvalue weighted by atomic mass is 35.5. The summed E-state index contributed by atoms with van der Waals surface area (Å²) in [5.41, 5.74) is 0. The number of ether oxygens (including phenoxy) is 1. The minimum Gasteiger partial charge on any atom is -0.463 e. The standard InChI is InChI=1S/C9H15ClN4O/c1-3-5-6-15-9-13-7(10)12-8(14-9)11-4-2/h3-6H2,1-2H3,(H,11,12,13,14). The number of hydrogen-bond donors (Lipinski definition) is 1. The highest BCUT2D eigenvalue weighted by molar-refractivity contribution is 6.28. The van der Waals surface area contributed by atoms with Crippen LogP contribution in [0.25, 0.3) is 0 Å². The molecule has 0 atom stereocenters. The van der Waals surface area contributed by atoms with E-state index in [1.807, 2.05) is 6.92 Å². The van der Waals surface area contributed by atoms with E-state index in [0.29, 0.717) is 12.6 Å². The van der Waals surface area contributed by atoms with E-state index in [-0.39, 0.29) is 11.3 Å². The van der Waals surface area contributed by atoms with Crippen LogP contribution in [-0.2, 0) is 0 Å². The minimum atomic E-state index is 0.146. The van der Waals surface area contributed by atoms with Gasteiger partial charge >= 0.3 is 6.01 Å². The van der Waals surface area contributed by atoms with Gasteiger partial charge in [0.1, 0.15) is 0 Å². The molecule has 0 radical (unpaired) electrons. The first-order valence-electron chi connectivity index (χ1n) is 5.04. The van der Waals surface area contributed by atoms with Crippen LogP contribution in [0.4, 0.5) is 5.95 Å². The summed E-state index contributed by atoms with van der Waals surface area (Å²) in [6, 6.07) is 0.277. The molecule has 1 aromatic heterocycles. The number of aromatic nitrogens is 3. The Kier molecular flexibility index (Phi) is 5.10. The SMILES string of the molecule is CCCCOc1nc(Cl)nc(NCC)n1. The molecule has 6 heteroatoms. The Bertz CT molecular complexity index is 308. The second-order valence-corrected chi connectivity index (χ2v) is 3.28. The monoisotopic (exact) mass is 230 g/mol. The van der Waals surface area contributed by atoms with E-state index in [1.165, 1.54) is 0 Å². The molecule has 0 aliphatic carbocycles. The third-order valence-electron chi connectivity index (χ3n) is 1.65. The summed E-state index contributed by atoms with van der Waals surface area (Å²) < 4.78 is 5.33. The molecular formula is C9H15ClN4O. The van der Waals surface area contributed by atoms with Crippen molar-refractivity contribution < 1.29 is 4.74 Å². The van der Waals surface area contributed by atoms with Gasteiger partial charge in [-0.15, -0.1) is 0 Å². The molecule has 0 aromatic carbocycles. The lowest BCUT2D eigenvalue weighted by Crippen LogP contribution is -2.07. The van der Waals surface area contributed by atoms with E-state index >= 15 is 0 Å². The van der Waals surface area contributed by atoms with E-state index < -0.39 is 0 Å². The topological polar surface area (TPSA) is 59.9 Å². The maximum absolute atomic E-state index is 5.72. The van der Waals surface area contributed by atoms with Crippen LogP contribution in [0, 0.1) is 0 Å². The molecule has 0 bridgehead atoms. The van der Waals surface area contributed by atoms with E-state index in [0.717, 1.165) is 19.4 Å². The smallest absolute Gasteiger partial charge is 0.322 e. The Balaban J connectivity index is 2.62. The van der Waals surface area contributed by atoms with Crippen molar-refractivity contribution in [1.82, 2.24) is 15.0 Å². The summed E-state index contributed by atoms with van der Waals surface area (Å²) in [4.78, 5) is 11.8. The highest BCUT2D eigenvalue weighted by Crippen LogP contribution is 2.11. The van der Waals surface area contributed by atoms with Crippen LogP contribution in [0.15, 0.2) is 0 Å². The molecule has 1 aromatic rings. The fourth-order valence-electron chi connectivity index (χ4n) is 0.941. The summed E-state index contributed by atoms with van der Waals surface area (Å²) >= 11 is 5.72.